The summed E-state index contributed by atoms with van der Waals surface area (Å²) in [5.41, 5.74) is 0. The van der Waals surface area contributed by atoms with Crippen LogP contribution >= 0.6 is 35.1 Å². The molecule has 0 atom stereocenters. The standard InChI is InChI=1S/C17H23N3OS2.ClH/c21-17(20-9-6-18-7-10-20)5-8-19(13-15-3-1-11-22-15)14-16-4-2-12-23-16;/h1-4,11-12,18H,5-10,13-14H2;1H. The van der Waals surface area contributed by atoms with Crippen LogP contribution in [0, 0.1) is 0 Å². The van der Waals surface area contributed by atoms with Gasteiger partial charge in [0, 0.05) is 62.0 Å². The Hall–Kier alpha value is -0.920. The van der Waals surface area contributed by atoms with Gasteiger partial charge in [0.2, 0.25) is 5.91 Å². The van der Waals surface area contributed by atoms with Crippen LogP contribution in [0.1, 0.15) is 16.2 Å². The lowest BCUT2D eigenvalue weighted by molar-refractivity contribution is -0.132. The maximum atomic E-state index is 12.4. The quantitative estimate of drug-likeness (QED) is 0.795. The third kappa shape index (κ3) is 5.86. The fourth-order valence-electron chi connectivity index (χ4n) is 2.79. The Morgan fingerprint density at radius 3 is 2.17 bits per heavy atom. The summed E-state index contributed by atoms with van der Waals surface area (Å²) in [6.07, 6.45) is 0.608. The number of thiophene rings is 2. The molecule has 2 aromatic heterocycles. The van der Waals surface area contributed by atoms with Crippen molar-refractivity contribution in [3.8, 4) is 0 Å². The Morgan fingerprint density at radius 1 is 1.08 bits per heavy atom. The highest BCUT2D eigenvalue weighted by atomic mass is 35.5. The molecular formula is C17H24ClN3OS2. The molecule has 0 saturated carbocycles. The van der Waals surface area contributed by atoms with Gasteiger partial charge < -0.3 is 10.2 Å². The molecule has 1 amide bonds. The molecule has 0 bridgehead atoms. The molecule has 1 aliphatic heterocycles. The number of nitrogens with zero attached hydrogens (tertiary/aromatic N) is 2. The molecule has 1 fully saturated rings. The van der Waals surface area contributed by atoms with Crippen molar-refractivity contribution in [2.45, 2.75) is 19.5 Å². The zero-order chi connectivity index (χ0) is 15.9. The fraction of sp³-hybridized carbons (Fsp3) is 0.471. The minimum Gasteiger partial charge on any atom is -0.340 e. The molecule has 0 aromatic carbocycles. The highest BCUT2D eigenvalue weighted by molar-refractivity contribution is 7.10. The first-order chi connectivity index (χ1) is 11.3. The van der Waals surface area contributed by atoms with Gasteiger partial charge in [-0.3, -0.25) is 9.69 Å². The van der Waals surface area contributed by atoms with E-state index in [0.717, 1.165) is 45.8 Å². The van der Waals surface area contributed by atoms with Crippen molar-refractivity contribution in [1.29, 1.82) is 0 Å². The van der Waals surface area contributed by atoms with Gasteiger partial charge in [0.05, 0.1) is 0 Å². The van der Waals surface area contributed by atoms with E-state index in [9.17, 15) is 4.79 Å². The molecule has 4 nitrogen and oxygen atoms in total. The fourth-order valence-corrected chi connectivity index (χ4v) is 4.28. The van der Waals surface area contributed by atoms with Gasteiger partial charge in [-0.1, -0.05) is 12.1 Å². The Labute approximate surface area is 157 Å². The van der Waals surface area contributed by atoms with E-state index in [1.807, 2.05) is 4.90 Å². The summed E-state index contributed by atoms with van der Waals surface area (Å²) in [6.45, 7) is 6.18. The molecule has 1 N–H and O–H groups in total. The van der Waals surface area contributed by atoms with Crippen LogP contribution < -0.4 is 5.32 Å². The summed E-state index contributed by atoms with van der Waals surface area (Å²) >= 11 is 3.57. The van der Waals surface area contributed by atoms with Crippen molar-refractivity contribution < 1.29 is 4.79 Å². The van der Waals surface area contributed by atoms with Gasteiger partial charge in [0.1, 0.15) is 0 Å². The monoisotopic (exact) mass is 385 g/mol. The Bertz CT molecular complexity index is 547. The summed E-state index contributed by atoms with van der Waals surface area (Å²) in [5.74, 6) is 0.286. The summed E-state index contributed by atoms with van der Waals surface area (Å²) in [4.78, 5) is 19.5. The summed E-state index contributed by atoms with van der Waals surface area (Å²) in [5, 5.41) is 7.52. The van der Waals surface area contributed by atoms with E-state index in [4.69, 9.17) is 0 Å². The van der Waals surface area contributed by atoms with E-state index < -0.39 is 0 Å². The maximum absolute atomic E-state index is 12.4. The number of halogens is 1. The minimum atomic E-state index is 0. The third-order valence-corrected chi connectivity index (χ3v) is 5.75. The van der Waals surface area contributed by atoms with E-state index in [2.05, 4.69) is 45.2 Å². The molecule has 132 valence electrons. The number of piperazine rings is 1. The van der Waals surface area contributed by atoms with Gasteiger partial charge in [-0.05, 0) is 22.9 Å². The second kappa shape index (κ2) is 10.2. The van der Waals surface area contributed by atoms with Crippen molar-refractivity contribution in [3.63, 3.8) is 0 Å². The lowest BCUT2D eigenvalue weighted by atomic mass is 10.2. The molecule has 0 spiro atoms. The first-order valence-electron chi connectivity index (χ1n) is 8.07. The van der Waals surface area contributed by atoms with Gasteiger partial charge >= 0.3 is 0 Å². The molecule has 7 heteroatoms. The average molecular weight is 386 g/mol. The van der Waals surface area contributed by atoms with Crippen LogP contribution in [-0.4, -0.2) is 48.4 Å². The predicted octanol–water partition coefficient (Wildman–Crippen LogP) is 3.06. The summed E-state index contributed by atoms with van der Waals surface area (Å²) < 4.78 is 0. The Kier molecular flexibility index (Phi) is 8.21. The van der Waals surface area contributed by atoms with Gasteiger partial charge in [0.15, 0.2) is 0 Å². The van der Waals surface area contributed by atoms with Crippen LogP contribution in [0.3, 0.4) is 0 Å². The van der Waals surface area contributed by atoms with Crippen LogP contribution in [0.5, 0.6) is 0 Å². The summed E-state index contributed by atoms with van der Waals surface area (Å²) in [7, 11) is 0. The second-order valence-corrected chi connectivity index (χ2v) is 7.81. The number of amides is 1. The topological polar surface area (TPSA) is 35.6 Å². The minimum absolute atomic E-state index is 0. The molecule has 24 heavy (non-hydrogen) atoms. The summed E-state index contributed by atoms with van der Waals surface area (Å²) in [6, 6.07) is 8.53. The normalized spacial score (nSPS) is 14.6. The van der Waals surface area contributed by atoms with E-state index in [0.29, 0.717) is 6.42 Å². The van der Waals surface area contributed by atoms with E-state index >= 15 is 0 Å². The molecule has 2 aromatic rings. The largest absolute Gasteiger partial charge is 0.340 e. The zero-order valence-electron chi connectivity index (χ0n) is 13.6. The van der Waals surface area contributed by atoms with Gasteiger partial charge in [-0.25, -0.2) is 0 Å². The number of nitrogens with one attached hydrogen (secondary N) is 1. The van der Waals surface area contributed by atoms with E-state index in [1.165, 1.54) is 9.75 Å². The van der Waals surface area contributed by atoms with Crippen LogP contribution in [0.2, 0.25) is 0 Å². The smallest absolute Gasteiger partial charge is 0.223 e. The molecule has 0 radical (unpaired) electrons. The number of rotatable bonds is 7. The Morgan fingerprint density at radius 2 is 1.67 bits per heavy atom. The van der Waals surface area contributed by atoms with Crippen LogP contribution in [0.4, 0.5) is 0 Å². The van der Waals surface area contributed by atoms with Gasteiger partial charge in [-0.15, -0.1) is 35.1 Å². The van der Waals surface area contributed by atoms with Crippen molar-refractivity contribution >= 4 is 41.0 Å². The molecule has 0 unspecified atom stereocenters. The average Bonchev–Trinajstić information content (AvgIpc) is 3.27. The van der Waals surface area contributed by atoms with E-state index in [-0.39, 0.29) is 18.3 Å². The number of carbonyl (C=O) groups excluding carboxylic acids is 1. The van der Waals surface area contributed by atoms with Crippen molar-refractivity contribution in [3.05, 3.63) is 44.8 Å². The predicted molar refractivity (Wildman–Crippen MR) is 104 cm³/mol. The molecule has 1 aliphatic rings. The highest BCUT2D eigenvalue weighted by Gasteiger charge is 2.17. The molecular weight excluding hydrogens is 362 g/mol. The molecule has 1 saturated heterocycles. The Balaban J connectivity index is 0.00000208. The number of hydrogen-bond acceptors (Lipinski definition) is 5. The highest BCUT2D eigenvalue weighted by Crippen LogP contribution is 2.17. The molecule has 3 heterocycles. The van der Waals surface area contributed by atoms with Crippen molar-refractivity contribution in [2.24, 2.45) is 0 Å². The zero-order valence-corrected chi connectivity index (χ0v) is 16.1. The van der Waals surface area contributed by atoms with Gasteiger partial charge in [-0.2, -0.15) is 0 Å². The number of carbonyl (C=O) groups is 1. The third-order valence-electron chi connectivity index (χ3n) is 4.03. The van der Waals surface area contributed by atoms with Crippen LogP contribution in [0.25, 0.3) is 0 Å². The first-order valence-corrected chi connectivity index (χ1v) is 9.83. The molecule has 0 aliphatic carbocycles. The maximum Gasteiger partial charge on any atom is 0.223 e. The second-order valence-electron chi connectivity index (χ2n) is 5.75. The molecule has 3 rings (SSSR count). The van der Waals surface area contributed by atoms with Crippen LogP contribution in [0.15, 0.2) is 35.0 Å². The first kappa shape index (κ1) is 19.4. The SMILES string of the molecule is Cl.O=C(CCN(Cc1cccs1)Cc1cccs1)N1CCNCC1. The van der Waals surface area contributed by atoms with E-state index in [1.54, 1.807) is 22.7 Å². The number of hydrogen-bond donors (Lipinski definition) is 1. The van der Waals surface area contributed by atoms with Gasteiger partial charge in [0.25, 0.3) is 0 Å². The lowest BCUT2D eigenvalue weighted by Gasteiger charge is -2.28. The van der Waals surface area contributed by atoms with Crippen molar-refractivity contribution in [2.75, 3.05) is 32.7 Å². The van der Waals surface area contributed by atoms with Crippen LogP contribution in [-0.2, 0) is 17.9 Å². The lowest BCUT2D eigenvalue weighted by Crippen LogP contribution is -2.47. The van der Waals surface area contributed by atoms with Crippen molar-refractivity contribution in [1.82, 2.24) is 15.1 Å².